The summed E-state index contributed by atoms with van der Waals surface area (Å²) in [7, 11) is 0. The Morgan fingerprint density at radius 3 is 2.19 bits per heavy atom. The maximum Gasteiger partial charge on any atom is 0.229 e. The van der Waals surface area contributed by atoms with E-state index in [4.69, 9.17) is 0 Å². The maximum absolute atomic E-state index is 11.9. The third-order valence-corrected chi connectivity index (χ3v) is 5.52. The Labute approximate surface area is 167 Å². The number of imide groups is 1. The van der Waals surface area contributed by atoms with E-state index in [2.05, 4.69) is 33.6 Å². The van der Waals surface area contributed by atoms with Crippen LogP contribution in [0.2, 0.25) is 0 Å². The van der Waals surface area contributed by atoms with Crippen molar-refractivity contribution in [1.29, 1.82) is 0 Å². The molecule has 0 unspecified atom stereocenters. The van der Waals surface area contributed by atoms with Crippen molar-refractivity contribution in [3.63, 3.8) is 0 Å². The van der Waals surface area contributed by atoms with Gasteiger partial charge in [-0.1, -0.05) is 0 Å². The Balaban J connectivity index is 0.00000261. The van der Waals surface area contributed by atoms with Gasteiger partial charge in [-0.2, -0.15) is 0 Å². The van der Waals surface area contributed by atoms with Crippen molar-refractivity contribution in [3.8, 4) is 0 Å². The number of aromatic nitrogens is 2. The number of hydrogen-bond acceptors (Lipinski definition) is 6. The van der Waals surface area contributed by atoms with Crippen LogP contribution in [0, 0.1) is 0 Å². The van der Waals surface area contributed by atoms with Gasteiger partial charge in [-0.05, 0) is 39.2 Å². The molecule has 2 amide bonds. The van der Waals surface area contributed by atoms with Crippen molar-refractivity contribution in [2.24, 2.45) is 0 Å². The van der Waals surface area contributed by atoms with Crippen LogP contribution in [-0.4, -0.2) is 69.8 Å². The third-order valence-electron chi connectivity index (χ3n) is 5.52. The summed E-state index contributed by atoms with van der Waals surface area (Å²) in [5, 5.41) is 0. The van der Waals surface area contributed by atoms with Crippen molar-refractivity contribution in [3.05, 3.63) is 18.5 Å². The Kier molecular flexibility index (Phi) is 7.56. The molecule has 0 bridgehead atoms. The minimum atomic E-state index is -0.00414. The van der Waals surface area contributed by atoms with E-state index < -0.39 is 0 Å². The van der Waals surface area contributed by atoms with E-state index in [0.29, 0.717) is 25.8 Å². The molecule has 0 radical (unpaired) electrons. The summed E-state index contributed by atoms with van der Waals surface area (Å²) < 4.78 is 0. The molecule has 150 valence electrons. The molecule has 7 nitrogen and oxygen atoms in total. The zero-order valence-electron chi connectivity index (χ0n) is 16.3. The molecule has 0 aliphatic carbocycles. The summed E-state index contributed by atoms with van der Waals surface area (Å²) in [5.41, 5.74) is 0.0471. The Morgan fingerprint density at radius 1 is 1.00 bits per heavy atom. The lowest BCUT2D eigenvalue weighted by atomic mass is 9.94. The number of halogens is 1. The molecule has 0 saturated carbocycles. The second-order valence-electron chi connectivity index (χ2n) is 7.73. The Bertz CT molecular complexity index is 616. The third kappa shape index (κ3) is 5.39. The number of rotatable bonds is 6. The summed E-state index contributed by atoms with van der Waals surface area (Å²) in [4.78, 5) is 38.7. The van der Waals surface area contributed by atoms with Crippen molar-refractivity contribution in [1.82, 2.24) is 19.8 Å². The van der Waals surface area contributed by atoms with Crippen molar-refractivity contribution in [2.75, 3.05) is 37.6 Å². The minimum absolute atomic E-state index is 0. The first kappa shape index (κ1) is 21.6. The number of piperazine rings is 1. The summed E-state index contributed by atoms with van der Waals surface area (Å²) in [6.45, 7) is 8.81. The molecule has 3 rings (SSSR count). The van der Waals surface area contributed by atoms with Gasteiger partial charge >= 0.3 is 0 Å². The predicted octanol–water partition coefficient (Wildman–Crippen LogP) is 2.12. The van der Waals surface area contributed by atoms with Crippen molar-refractivity contribution in [2.45, 2.75) is 51.5 Å². The van der Waals surface area contributed by atoms with E-state index in [-0.39, 0.29) is 29.8 Å². The van der Waals surface area contributed by atoms with E-state index in [1.807, 2.05) is 6.07 Å². The van der Waals surface area contributed by atoms with Gasteiger partial charge in [-0.3, -0.25) is 19.4 Å². The summed E-state index contributed by atoms with van der Waals surface area (Å²) >= 11 is 0. The number of likely N-dealkylation sites (tertiary alicyclic amines) is 1. The summed E-state index contributed by atoms with van der Waals surface area (Å²) in [6, 6.07) is 1.83. The van der Waals surface area contributed by atoms with Gasteiger partial charge in [-0.25, -0.2) is 9.97 Å². The quantitative estimate of drug-likeness (QED) is 0.687. The largest absolute Gasteiger partial charge is 0.338 e. The normalized spacial score (nSPS) is 19.2. The highest BCUT2D eigenvalue weighted by molar-refractivity contribution is 5.97. The van der Waals surface area contributed by atoms with E-state index in [1.54, 1.807) is 12.4 Å². The Morgan fingerprint density at radius 2 is 1.59 bits per heavy atom. The van der Waals surface area contributed by atoms with Gasteiger partial charge in [0.1, 0.15) is 0 Å². The van der Waals surface area contributed by atoms with E-state index in [1.165, 1.54) is 4.90 Å². The minimum Gasteiger partial charge on any atom is -0.338 e. The van der Waals surface area contributed by atoms with Crippen LogP contribution in [0.3, 0.4) is 0 Å². The molecule has 0 aromatic carbocycles. The molecular formula is C19H30ClN5O2. The standard InChI is InChI=1S/C19H29N5O2.ClH/c1-19(2,8-4-11-24-16(25)6-3-7-17(24)26)23-14-12-22(13-15-23)18-20-9-5-10-21-18;/h5,9-10H,3-4,6-8,11-15H2,1-2H3;1H. The molecular weight excluding hydrogens is 366 g/mol. The van der Waals surface area contributed by atoms with Gasteiger partial charge in [0.15, 0.2) is 0 Å². The maximum atomic E-state index is 11.9. The van der Waals surface area contributed by atoms with Crippen LogP contribution < -0.4 is 4.90 Å². The van der Waals surface area contributed by atoms with Crippen LogP contribution in [-0.2, 0) is 9.59 Å². The first-order chi connectivity index (χ1) is 12.5. The number of amides is 2. The predicted molar refractivity (Wildman–Crippen MR) is 107 cm³/mol. The van der Waals surface area contributed by atoms with Gasteiger partial charge in [0.25, 0.3) is 0 Å². The molecule has 0 atom stereocenters. The average Bonchev–Trinajstić information content (AvgIpc) is 2.65. The van der Waals surface area contributed by atoms with Gasteiger partial charge in [0.2, 0.25) is 17.8 Å². The highest BCUT2D eigenvalue weighted by atomic mass is 35.5. The lowest BCUT2D eigenvalue weighted by Gasteiger charge is -2.44. The first-order valence-electron chi connectivity index (χ1n) is 9.57. The van der Waals surface area contributed by atoms with E-state index in [0.717, 1.165) is 45.0 Å². The first-order valence-corrected chi connectivity index (χ1v) is 9.57. The van der Waals surface area contributed by atoms with Gasteiger partial charge in [0, 0.05) is 63.5 Å². The second kappa shape index (κ2) is 9.46. The highest BCUT2D eigenvalue weighted by Crippen LogP contribution is 2.24. The SMILES string of the molecule is CC(C)(CCCN1C(=O)CCCC1=O)N1CCN(c2ncccn2)CC1.Cl. The van der Waals surface area contributed by atoms with Crippen molar-refractivity contribution < 1.29 is 9.59 Å². The molecule has 1 aromatic heterocycles. The molecule has 2 fully saturated rings. The Hall–Kier alpha value is -1.73. The number of anilines is 1. The number of piperidine rings is 1. The number of carbonyl (C=O) groups excluding carboxylic acids is 2. The van der Waals surface area contributed by atoms with E-state index >= 15 is 0 Å². The van der Waals surface area contributed by atoms with Gasteiger partial charge in [0.05, 0.1) is 0 Å². The van der Waals surface area contributed by atoms with Gasteiger partial charge < -0.3 is 4.90 Å². The molecule has 3 heterocycles. The fraction of sp³-hybridized carbons (Fsp3) is 0.684. The molecule has 27 heavy (non-hydrogen) atoms. The van der Waals surface area contributed by atoms with Crippen LogP contribution in [0.5, 0.6) is 0 Å². The fourth-order valence-corrected chi connectivity index (χ4v) is 3.84. The molecule has 2 aliphatic heterocycles. The molecule has 2 aliphatic rings. The molecule has 1 aromatic rings. The topological polar surface area (TPSA) is 69.6 Å². The lowest BCUT2D eigenvalue weighted by molar-refractivity contribution is -0.148. The number of carbonyl (C=O) groups is 2. The average molecular weight is 396 g/mol. The second-order valence-corrected chi connectivity index (χ2v) is 7.73. The molecule has 0 spiro atoms. The number of hydrogen-bond donors (Lipinski definition) is 0. The molecule has 0 N–H and O–H groups in total. The highest BCUT2D eigenvalue weighted by Gasteiger charge is 2.31. The van der Waals surface area contributed by atoms with Crippen LogP contribution in [0.1, 0.15) is 46.0 Å². The fourth-order valence-electron chi connectivity index (χ4n) is 3.84. The zero-order chi connectivity index (χ0) is 18.6. The zero-order valence-corrected chi connectivity index (χ0v) is 17.1. The number of nitrogens with zero attached hydrogens (tertiary/aromatic N) is 5. The smallest absolute Gasteiger partial charge is 0.229 e. The van der Waals surface area contributed by atoms with E-state index in [9.17, 15) is 9.59 Å². The van der Waals surface area contributed by atoms with Crippen LogP contribution in [0.4, 0.5) is 5.95 Å². The summed E-state index contributed by atoms with van der Waals surface area (Å²) in [6.07, 6.45) is 7.11. The van der Waals surface area contributed by atoms with Crippen LogP contribution in [0.25, 0.3) is 0 Å². The van der Waals surface area contributed by atoms with Crippen LogP contribution >= 0.6 is 12.4 Å². The van der Waals surface area contributed by atoms with Gasteiger partial charge in [-0.15, -0.1) is 12.4 Å². The molecule has 8 heteroatoms. The lowest BCUT2D eigenvalue weighted by Crippen LogP contribution is -2.55. The van der Waals surface area contributed by atoms with Crippen LogP contribution in [0.15, 0.2) is 18.5 Å². The molecule has 2 saturated heterocycles. The van der Waals surface area contributed by atoms with Crippen molar-refractivity contribution >= 4 is 30.2 Å². The monoisotopic (exact) mass is 395 g/mol. The summed E-state index contributed by atoms with van der Waals surface area (Å²) in [5.74, 6) is 0.790.